The topological polar surface area (TPSA) is 63.8 Å². The number of hydrogen-bond donors (Lipinski definition) is 2. The van der Waals surface area contributed by atoms with E-state index in [2.05, 4.69) is 90.1 Å². The number of hydrogen-bond acceptors (Lipinski definition) is 4. The van der Waals surface area contributed by atoms with Gasteiger partial charge in [-0.05, 0) is 84.9 Å². The molecule has 178 valence electrons. The van der Waals surface area contributed by atoms with Gasteiger partial charge >= 0.3 is 0 Å². The minimum absolute atomic E-state index is 0.403. The molecule has 0 amide bonds. The van der Waals surface area contributed by atoms with E-state index in [1.165, 1.54) is 47.6 Å². The lowest BCUT2D eigenvalue weighted by atomic mass is 9.99. The monoisotopic (exact) mass is 472 g/mol. The normalized spacial score (nSPS) is 21.2. The van der Waals surface area contributed by atoms with E-state index in [-0.39, 0.29) is 0 Å². The lowest BCUT2D eigenvalue weighted by molar-refractivity contribution is 0.418. The number of H-pyrrole nitrogens is 2. The third-order valence-electron chi connectivity index (χ3n) is 8.24. The van der Waals surface area contributed by atoms with Crippen molar-refractivity contribution in [2.45, 2.75) is 37.8 Å². The Balaban J connectivity index is 1.17. The molecule has 5 aromatic rings. The van der Waals surface area contributed by atoms with Crippen LogP contribution in [0.3, 0.4) is 0 Å². The third-order valence-corrected chi connectivity index (χ3v) is 8.24. The van der Waals surface area contributed by atoms with Crippen LogP contribution in [-0.4, -0.2) is 58.6 Å². The van der Waals surface area contributed by atoms with Crippen molar-refractivity contribution in [3.8, 4) is 22.4 Å². The number of fused-ring (bicyclic) bond motifs is 2. The van der Waals surface area contributed by atoms with E-state index in [0.29, 0.717) is 12.1 Å². The molecule has 2 atom stereocenters. The van der Waals surface area contributed by atoms with Gasteiger partial charge in [0.05, 0.1) is 28.8 Å². The van der Waals surface area contributed by atoms with Crippen molar-refractivity contribution in [1.29, 1.82) is 0 Å². The summed E-state index contributed by atoms with van der Waals surface area (Å²) < 4.78 is 0. The van der Waals surface area contributed by atoms with Crippen LogP contribution in [0, 0.1) is 0 Å². The predicted molar refractivity (Wildman–Crippen MR) is 151 cm³/mol. The van der Waals surface area contributed by atoms with Gasteiger partial charge in [-0.1, -0.05) is 30.3 Å². The second-order valence-electron chi connectivity index (χ2n) is 10.6. The van der Waals surface area contributed by atoms with E-state index in [4.69, 9.17) is 9.97 Å². The summed E-state index contributed by atoms with van der Waals surface area (Å²) in [5.74, 6) is 2.17. The first-order valence-electron chi connectivity index (χ1n) is 13.1. The van der Waals surface area contributed by atoms with Crippen LogP contribution in [0.25, 0.3) is 44.2 Å². The number of nitrogens with zero attached hydrogens (tertiary/aromatic N) is 4. The van der Waals surface area contributed by atoms with Gasteiger partial charge in [-0.3, -0.25) is 0 Å². The first kappa shape index (κ1) is 21.9. The molecule has 4 heterocycles. The van der Waals surface area contributed by atoms with Crippen LogP contribution in [0.15, 0.2) is 60.8 Å². The summed E-state index contributed by atoms with van der Waals surface area (Å²) in [5, 5.41) is 2.46. The first-order chi connectivity index (χ1) is 17.6. The maximum absolute atomic E-state index is 4.96. The average Bonchev–Trinajstić information content (AvgIpc) is 3.69. The van der Waals surface area contributed by atoms with Gasteiger partial charge in [0, 0.05) is 11.8 Å². The van der Waals surface area contributed by atoms with E-state index < -0.39 is 0 Å². The zero-order chi connectivity index (χ0) is 24.2. The average molecular weight is 472 g/mol. The Morgan fingerprint density at radius 3 is 2.08 bits per heavy atom. The van der Waals surface area contributed by atoms with Gasteiger partial charge in [0.15, 0.2) is 16.0 Å². The van der Waals surface area contributed by atoms with Crippen molar-refractivity contribution in [1.82, 2.24) is 29.6 Å². The fourth-order valence-electron chi connectivity index (χ4n) is 6.11. The Morgan fingerprint density at radius 1 is 0.722 bits per heavy atom. The molecule has 2 fully saturated rings. The summed E-state index contributed by atoms with van der Waals surface area (Å²) in [5.41, 5.74) is 6.74. The molecule has 7 rings (SSSR count). The van der Waals surface area contributed by atoms with Gasteiger partial charge in [-0.15, -0.1) is 0 Å². The molecule has 0 radical (unpaired) electrons. The van der Waals surface area contributed by atoms with Gasteiger partial charge in [0.2, 0.25) is 0 Å². The van der Waals surface area contributed by atoms with E-state index in [1.54, 1.807) is 0 Å². The molecule has 2 aliphatic heterocycles. The summed E-state index contributed by atoms with van der Waals surface area (Å²) in [7, 11) is 4.38. The van der Waals surface area contributed by atoms with Crippen LogP contribution in [0.1, 0.15) is 49.4 Å². The van der Waals surface area contributed by atoms with Crippen LogP contribution in [-0.2, 0) is 0 Å². The lowest BCUT2D eigenvalue weighted by Gasteiger charge is -2.16. The molecule has 2 N–H and O–H groups in total. The maximum Gasteiger partial charge on any atom is 0.186 e. The predicted octanol–water partition coefficient (Wildman–Crippen LogP) is 4.14. The number of aromatic amines is 2. The largest absolute Gasteiger partial charge is 0.347 e. The summed E-state index contributed by atoms with van der Waals surface area (Å²) >= 11 is 0. The molecule has 36 heavy (non-hydrogen) atoms. The molecule has 0 spiro atoms. The second-order valence-corrected chi connectivity index (χ2v) is 10.6. The molecule has 2 saturated heterocycles. The van der Waals surface area contributed by atoms with Gasteiger partial charge < -0.3 is 19.6 Å². The number of aromatic nitrogens is 4. The summed E-state index contributed by atoms with van der Waals surface area (Å²) in [6.45, 7) is 2.29. The molecule has 2 aliphatic rings. The smallest absolute Gasteiger partial charge is 0.186 e. The molecule has 2 aromatic heterocycles. The Bertz CT molecular complexity index is 1570. The first-order valence-corrected chi connectivity index (χ1v) is 13.1. The highest BCUT2D eigenvalue weighted by atomic mass is 15.1. The zero-order valence-corrected chi connectivity index (χ0v) is 21.0. The van der Waals surface area contributed by atoms with E-state index >= 15 is 0 Å². The zero-order valence-electron chi connectivity index (χ0n) is 21.0. The van der Waals surface area contributed by atoms with Crippen LogP contribution in [0.5, 0.6) is 0 Å². The number of nitrogens with one attached hydrogen (secondary N) is 2. The molecule has 0 bridgehead atoms. The van der Waals surface area contributed by atoms with Crippen molar-refractivity contribution in [3.05, 3.63) is 72.4 Å². The number of imidazole rings is 2. The van der Waals surface area contributed by atoms with Crippen molar-refractivity contribution in [3.63, 3.8) is 0 Å². The Morgan fingerprint density at radius 2 is 1.36 bits per heavy atom. The third kappa shape index (κ3) is 3.76. The van der Waals surface area contributed by atoms with E-state index in [9.17, 15) is 0 Å². The molecule has 0 saturated carbocycles. The summed E-state index contributed by atoms with van der Waals surface area (Å²) in [4.78, 5) is 21.7. The highest BCUT2D eigenvalue weighted by molar-refractivity contribution is 6.05. The van der Waals surface area contributed by atoms with Crippen LogP contribution in [0.2, 0.25) is 0 Å². The quantitative estimate of drug-likeness (QED) is 0.386. The minimum Gasteiger partial charge on any atom is -0.347 e. The molecule has 8 heteroatoms. The molecular weight excluding hydrogens is 442 g/mol. The Hall–Kier alpha value is -3.35. The fraction of sp³-hybridized carbons (Fsp3) is 0.286. The van der Waals surface area contributed by atoms with Crippen molar-refractivity contribution < 1.29 is 0 Å². The Labute approximate surface area is 213 Å². The minimum atomic E-state index is 0.403. The lowest BCUT2D eigenvalue weighted by Crippen LogP contribution is -2.20. The van der Waals surface area contributed by atoms with E-state index in [1.807, 2.05) is 6.20 Å². The maximum atomic E-state index is 4.96. The molecular formula is C28H30B2N6. The van der Waals surface area contributed by atoms with Gasteiger partial charge in [0.25, 0.3) is 0 Å². The number of benzene rings is 3. The second kappa shape index (κ2) is 8.64. The highest BCUT2D eigenvalue weighted by Gasteiger charge is 2.26. The number of rotatable bonds is 4. The molecule has 0 unspecified atom stereocenters. The Kier molecular flexibility index (Phi) is 5.26. The highest BCUT2D eigenvalue weighted by Crippen LogP contribution is 2.33. The SMILES string of the molecule is BN1CCC[C@H]1c1nc(-c2ccc3cc(-c4ccc5[nH]c([C@@H]6CCCN6B)nc5c4)ccc3c2)c[nH]1. The van der Waals surface area contributed by atoms with Crippen LogP contribution < -0.4 is 0 Å². The van der Waals surface area contributed by atoms with Crippen molar-refractivity contribution in [2.75, 3.05) is 13.1 Å². The fourth-order valence-corrected chi connectivity index (χ4v) is 6.11. The summed E-state index contributed by atoms with van der Waals surface area (Å²) in [6.07, 6.45) is 6.87. The van der Waals surface area contributed by atoms with Crippen molar-refractivity contribution >= 4 is 37.8 Å². The van der Waals surface area contributed by atoms with Gasteiger partial charge in [0.1, 0.15) is 11.6 Å². The van der Waals surface area contributed by atoms with Crippen LogP contribution in [0.4, 0.5) is 0 Å². The standard InChI is InChI=1S/C28H30B2N6/c29-35-11-1-3-25(35)27-31-16-24(34-27)21-8-7-17-13-18(5-6-19(17)14-21)20-9-10-22-23(15-20)33-28(32-22)26-4-2-12-36(26)30/h5-10,13-16,25-26H,1-4,11-12,29-30H2,(H,31,34)(H,32,33)/t25-,26-/m0/s1. The molecule has 0 aliphatic carbocycles. The molecule has 3 aromatic carbocycles. The van der Waals surface area contributed by atoms with Crippen LogP contribution >= 0.6 is 0 Å². The van der Waals surface area contributed by atoms with Gasteiger partial charge in [-0.25, -0.2) is 9.97 Å². The van der Waals surface area contributed by atoms with Gasteiger partial charge in [-0.2, -0.15) is 0 Å². The molecule has 6 nitrogen and oxygen atoms in total. The van der Waals surface area contributed by atoms with Crippen molar-refractivity contribution in [2.24, 2.45) is 0 Å². The summed E-state index contributed by atoms with van der Waals surface area (Å²) in [6, 6.07) is 20.8. The van der Waals surface area contributed by atoms with E-state index in [0.717, 1.165) is 47.0 Å².